The molecule has 1 aromatic carbocycles. The third-order valence-corrected chi connectivity index (χ3v) is 2.75. The Balaban J connectivity index is 2.75. The molecule has 0 aromatic heterocycles. The molecule has 1 rings (SSSR count). The largest absolute Gasteiger partial charge is 0.328 e. The van der Waals surface area contributed by atoms with Gasteiger partial charge in [0.2, 0.25) is 0 Å². The van der Waals surface area contributed by atoms with Crippen molar-refractivity contribution < 1.29 is 4.21 Å². The van der Waals surface area contributed by atoms with Crippen molar-refractivity contribution in [3.05, 3.63) is 29.8 Å². The molecule has 0 fully saturated rings. The van der Waals surface area contributed by atoms with Crippen LogP contribution in [0.2, 0.25) is 0 Å². The van der Waals surface area contributed by atoms with Crippen molar-refractivity contribution in [3.8, 4) is 0 Å². The van der Waals surface area contributed by atoms with E-state index in [9.17, 15) is 4.21 Å². The molecule has 0 aliphatic rings. The predicted molar refractivity (Wildman–Crippen MR) is 56.1 cm³/mol. The summed E-state index contributed by atoms with van der Waals surface area (Å²) in [5.74, 6) is 0. The molecule has 72 valence electrons. The standard InChI is InChI=1S/C10H15NOS/c1-8(11)7-9-3-5-10(6-4-9)13(2)12/h3-6,8H,7,11H2,1-2H3/t8-,13?/m1/s1. The van der Waals surface area contributed by atoms with E-state index in [-0.39, 0.29) is 6.04 Å². The van der Waals surface area contributed by atoms with E-state index in [4.69, 9.17) is 5.73 Å². The van der Waals surface area contributed by atoms with Crippen LogP contribution in [0, 0.1) is 0 Å². The second kappa shape index (κ2) is 4.53. The molecular formula is C10H15NOS. The van der Waals surface area contributed by atoms with Crippen molar-refractivity contribution in [1.82, 2.24) is 0 Å². The molecule has 0 bridgehead atoms. The van der Waals surface area contributed by atoms with Crippen LogP contribution in [0.1, 0.15) is 12.5 Å². The molecule has 0 aliphatic heterocycles. The van der Waals surface area contributed by atoms with Gasteiger partial charge in [0, 0.05) is 28.0 Å². The predicted octanol–water partition coefficient (Wildman–Crippen LogP) is 1.31. The van der Waals surface area contributed by atoms with E-state index < -0.39 is 10.8 Å². The lowest BCUT2D eigenvalue weighted by Gasteiger charge is -2.05. The first-order valence-electron chi connectivity index (χ1n) is 4.27. The van der Waals surface area contributed by atoms with Gasteiger partial charge < -0.3 is 5.73 Å². The van der Waals surface area contributed by atoms with Crippen LogP contribution in [0.15, 0.2) is 29.2 Å². The first kappa shape index (κ1) is 10.4. The monoisotopic (exact) mass is 197 g/mol. The molecule has 0 aliphatic carbocycles. The summed E-state index contributed by atoms with van der Waals surface area (Å²) in [6.45, 7) is 1.98. The van der Waals surface area contributed by atoms with E-state index in [1.165, 1.54) is 5.56 Å². The summed E-state index contributed by atoms with van der Waals surface area (Å²) in [5, 5.41) is 0. The summed E-state index contributed by atoms with van der Waals surface area (Å²) in [6.07, 6.45) is 2.55. The summed E-state index contributed by atoms with van der Waals surface area (Å²) >= 11 is 0. The molecule has 3 heteroatoms. The highest BCUT2D eigenvalue weighted by atomic mass is 32.2. The Kier molecular flexibility index (Phi) is 3.63. The van der Waals surface area contributed by atoms with Crippen LogP contribution in [-0.2, 0) is 17.2 Å². The van der Waals surface area contributed by atoms with Crippen molar-refractivity contribution in [2.45, 2.75) is 24.3 Å². The molecule has 0 heterocycles. The van der Waals surface area contributed by atoms with Crippen LogP contribution in [0.3, 0.4) is 0 Å². The zero-order valence-corrected chi connectivity index (χ0v) is 8.80. The van der Waals surface area contributed by atoms with Crippen LogP contribution in [0.25, 0.3) is 0 Å². The van der Waals surface area contributed by atoms with Crippen molar-refractivity contribution in [2.75, 3.05) is 6.26 Å². The van der Waals surface area contributed by atoms with Crippen molar-refractivity contribution in [2.24, 2.45) is 5.73 Å². The molecule has 13 heavy (non-hydrogen) atoms. The Morgan fingerprint density at radius 3 is 2.31 bits per heavy atom. The van der Waals surface area contributed by atoms with E-state index >= 15 is 0 Å². The summed E-state index contributed by atoms with van der Waals surface area (Å²) < 4.78 is 11.1. The summed E-state index contributed by atoms with van der Waals surface area (Å²) in [7, 11) is -0.881. The minimum atomic E-state index is -0.881. The Morgan fingerprint density at radius 2 is 1.92 bits per heavy atom. The number of hydrogen-bond donors (Lipinski definition) is 1. The van der Waals surface area contributed by atoms with Crippen molar-refractivity contribution in [1.29, 1.82) is 0 Å². The maximum atomic E-state index is 11.1. The van der Waals surface area contributed by atoms with Crippen LogP contribution in [-0.4, -0.2) is 16.5 Å². The molecule has 0 saturated heterocycles. The first-order valence-corrected chi connectivity index (χ1v) is 5.83. The van der Waals surface area contributed by atoms with E-state index in [1.807, 2.05) is 31.2 Å². The summed E-state index contributed by atoms with van der Waals surface area (Å²) in [5.41, 5.74) is 6.86. The van der Waals surface area contributed by atoms with Gasteiger partial charge in [-0.3, -0.25) is 4.21 Å². The number of nitrogens with two attached hydrogens (primary N) is 1. The number of benzene rings is 1. The van der Waals surface area contributed by atoms with Gasteiger partial charge in [0.15, 0.2) is 0 Å². The fourth-order valence-corrected chi connectivity index (χ4v) is 1.71. The lowest BCUT2D eigenvalue weighted by atomic mass is 10.1. The Hall–Kier alpha value is -0.670. The minimum absolute atomic E-state index is 0.179. The summed E-state index contributed by atoms with van der Waals surface area (Å²) in [4.78, 5) is 0.869. The van der Waals surface area contributed by atoms with Gasteiger partial charge in [-0.05, 0) is 31.0 Å². The topological polar surface area (TPSA) is 43.1 Å². The van der Waals surface area contributed by atoms with Crippen molar-refractivity contribution >= 4 is 10.8 Å². The van der Waals surface area contributed by atoms with E-state index in [2.05, 4.69) is 0 Å². The highest BCUT2D eigenvalue weighted by Crippen LogP contribution is 2.08. The third-order valence-electron chi connectivity index (χ3n) is 1.81. The van der Waals surface area contributed by atoms with E-state index in [1.54, 1.807) is 6.26 Å². The average molecular weight is 197 g/mol. The van der Waals surface area contributed by atoms with Gasteiger partial charge in [0.05, 0.1) is 0 Å². The molecule has 0 saturated carbocycles. The Bertz CT molecular complexity index is 292. The highest BCUT2D eigenvalue weighted by molar-refractivity contribution is 7.84. The van der Waals surface area contributed by atoms with E-state index in [0.29, 0.717) is 0 Å². The highest BCUT2D eigenvalue weighted by Gasteiger charge is 1.99. The van der Waals surface area contributed by atoms with Gasteiger partial charge in [-0.25, -0.2) is 0 Å². The molecular weight excluding hydrogens is 182 g/mol. The Morgan fingerprint density at radius 1 is 1.38 bits per heavy atom. The fourth-order valence-electron chi connectivity index (χ4n) is 1.19. The van der Waals surface area contributed by atoms with Gasteiger partial charge in [0.25, 0.3) is 0 Å². The average Bonchev–Trinajstić information content (AvgIpc) is 2.04. The Labute approximate surface area is 81.6 Å². The molecule has 0 amide bonds. The van der Waals surface area contributed by atoms with Gasteiger partial charge >= 0.3 is 0 Å². The van der Waals surface area contributed by atoms with Crippen LogP contribution < -0.4 is 5.73 Å². The second-order valence-electron chi connectivity index (χ2n) is 3.28. The first-order chi connectivity index (χ1) is 6.09. The maximum Gasteiger partial charge on any atom is 0.0498 e. The quantitative estimate of drug-likeness (QED) is 0.794. The third kappa shape index (κ3) is 3.28. The van der Waals surface area contributed by atoms with E-state index in [0.717, 1.165) is 11.3 Å². The second-order valence-corrected chi connectivity index (χ2v) is 4.66. The van der Waals surface area contributed by atoms with Gasteiger partial charge in [-0.2, -0.15) is 0 Å². The SMILES string of the molecule is C[C@@H](N)Cc1ccc(S(C)=O)cc1. The normalized spacial score (nSPS) is 15.3. The number of rotatable bonds is 3. The van der Waals surface area contributed by atoms with Crippen molar-refractivity contribution in [3.63, 3.8) is 0 Å². The minimum Gasteiger partial charge on any atom is -0.328 e. The van der Waals surface area contributed by atoms with Gasteiger partial charge in [0.1, 0.15) is 0 Å². The maximum absolute atomic E-state index is 11.1. The summed E-state index contributed by atoms with van der Waals surface area (Å²) in [6, 6.07) is 7.94. The van der Waals surface area contributed by atoms with Gasteiger partial charge in [-0.1, -0.05) is 12.1 Å². The zero-order valence-electron chi connectivity index (χ0n) is 7.99. The molecule has 0 radical (unpaired) electrons. The molecule has 2 nitrogen and oxygen atoms in total. The molecule has 2 atom stereocenters. The van der Waals surface area contributed by atoms with Crippen LogP contribution in [0.5, 0.6) is 0 Å². The zero-order chi connectivity index (χ0) is 9.84. The number of hydrogen-bond acceptors (Lipinski definition) is 2. The lowest BCUT2D eigenvalue weighted by Crippen LogP contribution is -2.17. The smallest absolute Gasteiger partial charge is 0.0498 e. The van der Waals surface area contributed by atoms with Gasteiger partial charge in [-0.15, -0.1) is 0 Å². The molecule has 0 spiro atoms. The molecule has 1 unspecified atom stereocenters. The fraction of sp³-hybridized carbons (Fsp3) is 0.400. The van der Waals surface area contributed by atoms with Crippen LogP contribution in [0.4, 0.5) is 0 Å². The molecule has 1 aromatic rings. The lowest BCUT2D eigenvalue weighted by molar-refractivity contribution is 0.686. The molecule has 2 N–H and O–H groups in total. The van der Waals surface area contributed by atoms with Crippen LogP contribution >= 0.6 is 0 Å².